The molecule has 1 fully saturated rings. The van der Waals surface area contributed by atoms with Gasteiger partial charge in [0.05, 0.1) is 0 Å². The van der Waals surface area contributed by atoms with Crippen LogP contribution in [0.2, 0.25) is 0 Å². The van der Waals surface area contributed by atoms with Crippen molar-refractivity contribution in [3.8, 4) is 0 Å². The van der Waals surface area contributed by atoms with Crippen molar-refractivity contribution >= 4 is 17.6 Å². The lowest BCUT2D eigenvalue weighted by Gasteiger charge is -2.18. The average molecular weight is 247 g/mol. The Morgan fingerprint density at radius 1 is 1.44 bits per heavy atom. The fraction of sp³-hybridized carbons (Fsp3) is 0.429. The molecule has 1 atom stereocenters. The number of nitrogens with zero attached hydrogens (tertiary/aromatic N) is 1. The third kappa shape index (κ3) is 2.23. The summed E-state index contributed by atoms with van der Waals surface area (Å²) in [5.74, 6) is -1.82. The molecule has 1 aliphatic rings. The number of hydrogen-bond acceptors (Lipinski definition) is 2. The summed E-state index contributed by atoms with van der Waals surface area (Å²) in [6, 6.07) is 7.75. The van der Waals surface area contributed by atoms with Gasteiger partial charge < -0.3 is 10.0 Å². The van der Waals surface area contributed by atoms with Gasteiger partial charge in [0.2, 0.25) is 5.91 Å². The highest BCUT2D eigenvalue weighted by Gasteiger charge is 2.37. The first-order valence-corrected chi connectivity index (χ1v) is 6.15. The Labute approximate surface area is 106 Å². The van der Waals surface area contributed by atoms with Crippen molar-refractivity contribution in [2.45, 2.75) is 26.2 Å². The number of benzene rings is 1. The number of amides is 1. The van der Waals surface area contributed by atoms with Crippen LogP contribution in [0.4, 0.5) is 5.69 Å². The second-order valence-electron chi connectivity index (χ2n) is 4.92. The van der Waals surface area contributed by atoms with Crippen molar-refractivity contribution in [3.63, 3.8) is 0 Å². The maximum atomic E-state index is 12.0. The van der Waals surface area contributed by atoms with Crippen molar-refractivity contribution in [2.24, 2.45) is 5.92 Å². The minimum atomic E-state index is -1.03. The molecule has 1 aromatic rings. The fourth-order valence-electron chi connectivity index (χ4n) is 2.22. The third-order valence-electron chi connectivity index (χ3n) is 3.35. The van der Waals surface area contributed by atoms with Gasteiger partial charge in [0, 0.05) is 12.2 Å². The van der Waals surface area contributed by atoms with Crippen molar-refractivity contribution in [2.75, 3.05) is 11.4 Å². The Kier molecular flexibility index (Phi) is 3.36. The van der Waals surface area contributed by atoms with Crippen LogP contribution in [-0.4, -0.2) is 23.5 Å². The summed E-state index contributed by atoms with van der Waals surface area (Å²) in [5, 5.41) is 8.94. The summed E-state index contributed by atoms with van der Waals surface area (Å²) < 4.78 is 0. The predicted octanol–water partition coefficient (Wildman–Crippen LogP) is 2.25. The number of aliphatic carboxylic acids is 1. The molecule has 1 amide bonds. The van der Waals surface area contributed by atoms with Gasteiger partial charge in [-0.3, -0.25) is 9.59 Å². The number of anilines is 1. The molecule has 18 heavy (non-hydrogen) atoms. The Morgan fingerprint density at radius 3 is 2.72 bits per heavy atom. The van der Waals surface area contributed by atoms with Crippen LogP contribution in [0.3, 0.4) is 0 Å². The highest BCUT2D eigenvalue weighted by molar-refractivity contribution is 6.07. The minimum absolute atomic E-state index is 0.302. The van der Waals surface area contributed by atoms with Gasteiger partial charge >= 0.3 is 5.97 Å². The Bertz CT molecular complexity index is 482. The van der Waals surface area contributed by atoms with Gasteiger partial charge in [0.15, 0.2) is 0 Å². The van der Waals surface area contributed by atoms with Gasteiger partial charge in [-0.2, -0.15) is 0 Å². The van der Waals surface area contributed by atoms with Crippen LogP contribution in [0, 0.1) is 5.92 Å². The van der Waals surface area contributed by atoms with E-state index < -0.39 is 11.9 Å². The molecule has 0 aromatic heterocycles. The molecule has 1 aliphatic heterocycles. The van der Waals surface area contributed by atoms with Gasteiger partial charge in [-0.1, -0.05) is 26.0 Å². The summed E-state index contributed by atoms with van der Waals surface area (Å²) in [6.45, 7) is 4.66. The molecule has 2 rings (SSSR count). The average Bonchev–Trinajstić information content (AvgIpc) is 2.71. The molecule has 0 spiro atoms. The zero-order valence-corrected chi connectivity index (χ0v) is 10.6. The van der Waals surface area contributed by atoms with E-state index in [4.69, 9.17) is 5.11 Å². The van der Waals surface area contributed by atoms with E-state index in [0.29, 0.717) is 18.9 Å². The summed E-state index contributed by atoms with van der Waals surface area (Å²) in [7, 11) is 0. The van der Waals surface area contributed by atoms with E-state index >= 15 is 0 Å². The number of carboxylic acid groups (broad SMARTS) is 1. The first kappa shape index (κ1) is 12.6. The molecule has 1 unspecified atom stereocenters. The fourth-order valence-corrected chi connectivity index (χ4v) is 2.22. The monoisotopic (exact) mass is 247 g/mol. The third-order valence-corrected chi connectivity index (χ3v) is 3.35. The van der Waals surface area contributed by atoms with Gasteiger partial charge in [0.25, 0.3) is 0 Å². The minimum Gasteiger partial charge on any atom is -0.481 e. The molecule has 0 aliphatic carbocycles. The first-order valence-electron chi connectivity index (χ1n) is 6.15. The van der Waals surface area contributed by atoms with Crippen molar-refractivity contribution < 1.29 is 14.7 Å². The SMILES string of the molecule is CC(C)c1cccc(N2CCC(C(=O)O)C2=O)c1. The summed E-state index contributed by atoms with van der Waals surface area (Å²) in [6.07, 6.45) is 0.389. The molecular formula is C14H17NO3. The van der Waals surface area contributed by atoms with E-state index in [9.17, 15) is 9.59 Å². The smallest absolute Gasteiger partial charge is 0.316 e. The van der Waals surface area contributed by atoms with Crippen LogP contribution in [0.15, 0.2) is 24.3 Å². The Morgan fingerprint density at radius 2 is 2.17 bits per heavy atom. The zero-order valence-electron chi connectivity index (χ0n) is 10.6. The van der Waals surface area contributed by atoms with Gasteiger partial charge in [-0.25, -0.2) is 0 Å². The van der Waals surface area contributed by atoms with Crippen LogP contribution in [-0.2, 0) is 9.59 Å². The summed E-state index contributed by atoms with van der Waals surface area (Å²) in [4.78, 5) is 24.5. The standard InChI is InChI=1S/C14H17NO3/c1-9(2)10-4-3-5-11(8-10)15-7-6-12(13(15)16)14(17)18/h3-5,8-9,12H,6-7H2,1-2H3,(H,17,18). The lowest BCUT2D eigenvalue weighted by Crippen LogP contribution is -2.30. The van der Waals surface area contributed by atoms with E-state index in [-0.39, 0.29) is 5.91 Å². The molecular weight excluding hydrogens is 230 g/mol. The normalized spacial score (nSPS) is 19.6. The largest absolute Gasteiger partial charge is 0.481 e. The van der Waals surface area contributed by atoms with Gasteiger partial charge in [0.1, 0.15) is 5.92 Å². The van der Waals surface area contributed by atoms with E-state index in [0.717, 1.165) is 11.3 Å². The van der Waals surface area contributed by atoms with Crippen molar-refractivity contribution in [3.05, 3.63) is 29.8 Å². The maximum absolute atomic E-state index is 12.0. The van der Waals surface area contributed by atoms with Crippen LogP contribution >= 0.6 is 0 Å². The topological polar surface area (TPSA) is 57.6 Å². The molecule has 4 nitrogen and oxygen atoms in total. The van der Waals surface area contributed by atoms with E-state index in [1.165, 1.54) is 0 Å². The van der Waals surface area contributed by atoms with Crippen LogP contribution in [0.5, 0.6) is 0 Å². The number of carbonyl (C=O) groups is 2. The van der Waals surface area contributed by atoms with Crippen molar-refractivity contribution in [1.82, 2.24) is 0 Å². The van der Waals surface area contributed by atoms with E-state index in [2.05, 4.69) is 13.8 Å². The van der Waals surface area contributed by atoms with Crippen LogP contribution < -0.4 is 4.90 Å². The zero-order chi connectivity index (χ0) is 13.3. The lowest BCUT2D eigenvalue weighted by atomic mass is 10.0. The molecule has 0 saturated carbocycles. The van der Waals surface area contributed by atoms with Crippen LogP contribution in [0.1, 0.15) is 31.7 Å². The first-order chi connectivity index (χ1) is 8.50. The summed E-state index contributed by atoms with van der Waals surface area (Å²) in [5.41, 5.74) is 1.95. The number of carboxylic acids is 1. The van der Waals surface area contributed by atoms with E-state index in [1.54, 1.807) is 4.90 Å². The molecule has 96 valence electrons. The molecule has 0 bridgehead atoms. The molecule has 4 heteroatoms. The highest BCUT2D eigenvalue weighted by atomic mass is 16.4. The van der Waals surface area contributed by atoms with Gasteiger partial charge in [-0.05, 0) is 30.0 Å². The molecule has 0 radical (unpaired) electrons. The molecule has 1 saturated heterocycles. The Balaban J connectivity index is 2.25. The van der Waals surface area contributed by atoms with Crippen LogP contribution in [0.25, 0.3) is 0 Å². The highest BCUT2D eigenvalue weighted by Crippen LogP contribution is 2.27. The van der Waals surface area contributed by atoms with E-state index in [1.807, 2.05) is 24.3 Å². The molecule has 1 aromatic carbocycles. The number of carbonyl (C=O) groups excluding carboxylic acids is 1. The predicted molar refractivity (Wildman–Crippen MR) is 68.6 cm³/mol. The quantitative estimate of drug-likeness (QED) is 0.833. The van der Waals surface area contributed by atoms with Gasteiger partial charge in [-0.15, -0.1) is 0 Å². The maximum Gasteiger partial charge on any atom is 0.316 e. The molecule has 1 N–H and O–H groups in total. The van der Waals surface area contributed by atoms with Crippen molar-refractivity contribution in [1.29, 1.82) is 0 Å². The summed E-state index contributed by atoms with van der Waals surface area (Å²) >= 11 is 0. The second-order valence-corrected chi connectivity index (χ2v) is 4.92. The lowest BCUT2D eigenvalue weighted by molar-refractivity contribution is -0.144. The number of rotatable bonds is 3. The molecule has 1 heterocycles. The second kappa shape index (κ2) is 4.80. The number of hydrogen-bond donors (Lipinski definition) is 1. The Hall–Kier alpha value is -1.84.